The maximum atomic E-state index is 13.9. The number of carbonyl (C=O) groups is 6. The van der Waals surface area contributed by atoms with Crippen molar-refractivity contribution in [2.24, 2.45) is 23.3 Å². The van der Waals surface area contributed by atoms with Crippen LogP contribution in [-0.2, 0) is 0 Å². The van der Waals surface area contributed by atoms with Crippen LogP contribution >= 0.6 is 0 Å². The first-order valence-electron chi connectivity index (χ1n) is 25.8. The largest absolute Gasteiger partial charge is 0.496 e. The van der Waals surface area contributed by atoms with E-state index < -0.39 is 11.8 Å². The summed E-state index contributed by atoms with van der Waals surface area (Å²) in [5.41, 5.74) is 13.1. The first-order valence-corrected chi connectivity index (χ1v) is 25.8. The lowest BCUT2D eigenvalue weighted by atomic mass is 9.90. The van der Waals surface area contributed by atoms with Crippen molar-refractivity contribution in [1.29, 1.82) is 0 Å². The second-order valence-corrected chi connectivity index (χ2v) is 19.7. The highest BCUT2D eigenvalue weighted by molar-refractivity contribution is 6.05. The van der Waals surface area contributed by atoms with Gasteiger partial charge in [-0.15, -0.1) is 0 Å². The molecular formula is C54H74N8O12. The summed E-state index contributed by atoms with van der Waals surface area (Å²) >= 11 is 0. The fourth-order valence-corrected chi connectivity index (χ4v) is 10.6. The first kappa shape index (κ1) is 55.0. The van der Waals surface area contributed by atoms with Crippen molar-refractivity contribution >= 4 is 35.4 Å². The van der Waals surface area contributed by atoms with Gasteiger partial charge in [0.2, 0.25) is 0 Å². The van der Waals surface area contributed by atoms with E-state index in [1.54, 1.807) is 21.9 Å². The zero-order valence-electron chi connectivity index (χ0n) is 43.6. The molecule has 0 spiro atoms. The number of ether oxygens (including phenoxy) is 6. The van der Waals surface area contributed by atoms with Crippen LogP contribution in [-0.4, -0.2) is 151 Å². The average molecular weight is 1030 g/mol. The number of benzene rings is 3. The molecule has 8 N–H and O–H groups in total. The summed E-state index contributed by atoms with van der Waals surface area (Å²) in [4.78, 5) is 86.3. The molecule has 20 nitrogen and oxygen atoms in total. The zero-order chi connectivity index (χ0) is 53.1. The number of nitrogens with one attached hydrogen (secondary N) is 4. The monoisotopic (exact) mass is 1030 g/mol. The Labute approximate surface area is 433 Å². The highest BCUT2D eigenvalue weighted by atomic mass is 16.5. The van der Waals surface area contributed by atoms with Crippen molar-refractivity contribution < 1.29 is 57.2 Å². The smallest absolute Gasteiger partial charge is 0.257 e. The van der Waals surface area contributed by atoms with Crippen molar-refractivity contribution in [3.05, 3.63) is 69.8 Å². The Hall–Kier alpha value is -6.80. The molecule has 3 aromatic rings. The van der Waals surface area contributed by atoms with Gasteiger partial charge in [0, 0.05) is 68.5 Å². The molecule has 2 heterocycles. The molecule has 2 saturated carbocycles. The van der Waals surface area contributed by atoms with Gasteiger partial charge in [-0.2, -0.15) is 0 Å². The molecule has 2 aliphatic heterocycles. The number of nitrogens with zero attached hydrogens (tertiary/aromatic N) is 2. The number of likely N-dealkylation sites (tertiary alicyclic amines) is 2. The van der Waals surface area contributed by atoms with E-state index in [0.717, 1.165) is 25.7 Å². The highest BCUT2D eigenvalue weighted by Crippen LogP contribution is 2.35. The summed E-state index contributed by atoms with van der Waals surface area (Å²) in [5, 5.41) is 12.4. The molecule has 2 saturated heterocycles. The first-order chi connectivity index (χ1) is 35.8. The van der Waals surface area contributed by atoms with Crippen LogP contribution in [0.5, 0.6) is 34.5 Å². The average Bonchev–Trinajstić information content (AvgIpc) is 3.44. The minimum atomic E-state index is -0.424. The third-order valence-electron chi connectivity index (χ3n) is 15.3. The fraction of sp³-hybridized carbons (Fsp3) is 0.556. The van der Waals surface area contributed by atoms with Crippen molar-refractivity contribution in [3.63, 3.8) is 0 Å². The van der Waals surface area contributed by atoms with Crippen molar-refractivity contribution in [2.75, 3.05) is 81.9 Å². The van der Waals surface area contributed by atoms with Gasteiger partial charge in [-0.1, -0.05) is 0 Å². The SMILES string of the molecule is COc1cc(OC)c(C(=O)N[C@H]2CC[C@@H](NC(=O)c3cc(C(=O)N4CCC(CN)CC4)c(OC)cc3OC)CC2)cc1C(=O)N[C@H]1CC[C@@H](NC(=O)c2cc(C(=O)N3CCC(CN)CC3)c(OC)cc2OC)CC1. The van der Waals surface area contributed by atoms with Gasteiger partial charge in [0.15, 0.2) is 0 Å². The molecule has 0 radical (unpaired) electrons. The molecule has 7 rings (SSSR count). The van der Waals surface area contributed by atoms with Crippen LogP contribution in [0.2, 0.25) is 0 Å². The van der Waals surface area contributed by atoms with Crippen LogP contribution in [0.25, 0.3) is 0 Å². The molecule has 4 fully saturated rings. The Morgan fingerprint density at radius 1 is 0.378 bits per heavy atom. The second-order valence-electron chi connectivity index (χ2n) is 19.7. The molecule has 402 valence electrons. The Kier molecular flexibility index (Phi) is 18.9. The number of rotatable bonds is 18. The number of amides is 6. The summed E-state index contributed by atoms with van der Waals surface area (Å²) in [6, 6.07) is 8.36. The van der Waals surface area contributed by atoms with Crippen LogP contribution in [0, 0.1) is 11.8 Å². The van der Waals surface area contributed by atoms with Gasteiger partial charge in [0.25, 0.3) is 35.4 Å². The summed E-state index contributed by atoms with van der Waals surface area (Å²) < 4.78 is 33.5. The van der Waals surface area contributed by atoms with Crippen molar-refractivity contribution in [3.8, 4) is 34.5 Å². The van der Waals surface area contributed by atoms with Crippen LogP contribution in [0.3, 0.4) is 0 Å². The summed E-state index contributed by atoms with van der Waals surface area (Å²) in [5.74, 6) is 0.355. The van der Waals surface area contributed by atoms with Crippen LogP contribution in [0.15, 0.2) is 36.4 Å². The summed E-state index contributed by atoms with van der Waals surface area (Å²) in [6.45, 7) is 3.44. The van der Waals surface area contributed by atoms with E-state index in [2.05, 4.69) is 21.3 Å². The topological polar surface area (TPSA) is 264 Å². The predicted molar refractivity (Wildman–Crippen MR) is 276 cm³/mol. The quantitative estimate of drug-likeness (QED) is 0.104. The van der Waals surface area contributed by atoms with Gasteiger partial charge in [-0.25, -0.2) is 0 Å². The molecule has 74 heavy (non-hydrogen) atoms. The molecule has 3 aromatic carbocycles. The maximum absolute atomic E-state index is 13.9. The van der Waals surface area contributed by atoms with Crippen LogP contribution < -0.4 is 61.2 Å². The van der Waals surface area contributed by atoms with E-state index in [1.807, 2.05) is 0 Å². The summed E-state index contributed by atoms with van der Waals surface area (Å²) in [6.07, 6.45) is 7.81. The number of carbonyl (C=O) groups excluding carboxylic acids is 6. The van der Waals surface area contributed by atoms with Crippen molar-refractivity contribution in [2.45, 2.75) is 101 Å². The number of methoxy groups -OCH3 is 6. The molecule has 0 aromatic heterocycles. The lowest BCUT2D eigenvalue weighted by Gasteiger charge is -2.32. The lowest BCUT2D eigenvalue weighted by molar-refractivity contribution is 0.0682. The standard InChI is InChI=1S/C54H74N8O12/c1-69-43-26-44(70-2)38(50(64)58-34-9-13-36(14-10-34)60-52(66)40-25-42(48(74-6)28-46(40)72-4)54(68)62-21-17-32(30-56)18-22-62)23-37(43)49(63)57-33-7-11-35(12-8-33)59-51(65)39-24-41(47(73-5)27-45(39)71-3)53(67)61-19-15-31(29-55)16-20-61/h23-28,31-36H,7-22,29-30,55-56H2,1-6H3,(H,57,63)(H,58,64)(H,59,65)(H,60,66)/t33-,34-,35+,36+. The molecule has 0 unspecified atom stereocenters. The molecule has 0 bridgehead atoms. The predicted octanol–water partition coefficient (Wildman–Crippen LogP) is 4.30. The van der Waals surface area contributed by atoms with E-state index in [1.165, 1.54) is 66.9 Å². The minimum Gasteiger partial charge on any atom is -0.496 e. The normalized spacial score (nSPS) is 20.4. The highest BCUT2D eigenvalue weighted by Gasteiger charge is 2.33. The maximum Gasteiger partial charge on any atom is 0.257 e. The van der Waals surface area contributed by atoms with Gasteiger partial charge in [-0.3, -0.25) is 28.8 Å². The Morgan fingerprint density at radius 2 is 0.595 bits per heavy atom. The van der Waals surface area contributed by atoms with E-state index in [4.69, 9.17) is 39.9 Å². The Morgan fingerprint density at radius 3 is 0.811 bits per heavy atom. The zero-order valence-corrected chi connectivity index (χ0v) is 43.6. The van der Waals surface area contributed by atoms with E-state index in [-0.39, 0.29) is 104 Å². The van der Waals surface area contributed by atoms with Gasteiger partial charge in [-0.05, 0) is 120 Å². The van der Waals surface area contributed by atoms with Crippen molar-refractivity contribution in [1.82, 2.24) is 31.1 Å². The molecule has 20 heteroatoms. The molecule has 6 amide bonds. The third-order valence-corrected chi connectivity index (χ3v) is 15.3. The number of piperidine rings is 2. The van der Waals surface area contributed by atoms with E-state index in [9.17, 15) is 28.8 Å². The molecule has 4 aliphatic rings. The Bertz CT molecular complexity index is 2340. The fourth-order valence-electron chi connectivity index (χ4n) is 10.6. The van der Waals surface area contributed by atoms with Gasteiger partial charge < -0.3 is 71.0 Å². The molecule has 2 aliphatic carbocycles. The van der Waals surface area contributed by atoms with Gasteiger partial charge in [0.1, 0.15) is 34.5 Å². The lowest BCUT2D eigenvalue weighted by Crippen LogP contribution is -2.44. The number of nitrogens with two attached hydrogens (primary N) is 2. The third kappa shape index (κ3) is 12.7. The second kappa shape index (κ2) is 25.4. The van der Waals surface area contributed by atoms with E-state index >= 15 is 0 Å². The van der Waals surface area contributed by atoms with Gasteiger partial charge >= 0.3 is 0 Å². The molecule has 0 atom stereocenters. The number of hydrogen-bond acceptors (Lipinski definition) is 14. The summed E-state index contributed by atoms with van der Waals surface area (Å²) in [7, 11) is 8.75. The van der Waals surface area contributed by atoms with Crippen LogP contribution in [0.4, 0.5) is 0 Å². The number of hydrogen-bond donors (Lipinski definition) is 6. The minimum absolute atomic E-state index is 0.163. The van der Waals surface area contributed by atoms with E-state index in [0.29, 0.717) is 114 Å². The Balaban J connectivity index is 0.927. The van der Waals surface area contributed by atoms with Crippen LogP contribution in [0.1, 0.15) is 139 Å². The molecular weight excluding hydrogens is 953 g/mol. The van der Waals surface area contributed by atoms with Gasteiger partial charge in [0.05, 0.1) is 76.0 Å².